The fraction of sp³-hybridized carbons (Fsp3) is 0.231. The summed E-state index contributed by atoms with van der Waals surface area (Å²) in [6.45, 7) is 5.86. The third-order valence-corrected chi connectivity index (χ3v) is 5.00. The van der Waals surface area contributed by atoms with Gasteiger partial charge in [0.05, 0.1) is 0 Å². The van der Waals surface area contributed by atoms with E-state index in [-0.39, 0.29) is 17.9 Å². The van der Waals surface area contributed by atoms with E-state index in [0.29, 0.717) is 18.4 Å². The second-order valence-electron chi connectivity index (χ2n) is 7.69. The lowest BCUT2D eigenvalue weighted by Crippen LogP contribution is -2.50. The van der Waals surface area contributed by atoms with Crippen molar-refractivity contribution in [2.24, 2.45) is 0 Å². The molecule has 0 unspecified atom stereocenters. The summed E-state index contributed by atoms with van der Waals surface area (Å²) in [5.74, 6) is -0.383. The molecule has 0 heterocycles. The topological polar surface area (TPSA) is 49.4 Å². The number of nitrogens with zero attached hydrogens (tertiary/aromatic N) is 1. The Hall–Kier alpha value is -3.40. The molecule has 0 spiro atoms. The van der Waals surface area contributed by atoms with Crippen LogP contribution in [0.1, 0.15) is 41.8 Å². The Balaban J connectivity index is 1.71. The summed E-state index contributed by atoms with van der Waals surface area (Å²) in [5, 5.41) is 1.44. The van der Waals surface area contributed by atoms with Crippen molar-refractivity contribution in [1.29, 1.82) is 0 Å². The van der Waals surface area contributed by atoms with E-state index >= 15 is 0 Å². The van der Waals surface area contributed by atoms with Crippen molar-refractivity contribution < 1.29 is 9.59 Å². The molecule has 1 N–H and O–H groups in total. The highest BCUT2D eigenvalue weighted by atomic mass is 16.2. The van der Waals surface area contributed by atoms with Crippen molar-refractivity contribution >= 4 is 11.8 Å². The lowest BCUT2D eigenvalue weighted by molar-refractivity contribution is -0.135. The molecule has 2 amide bonds. The third kappa shape index (κ3) is 5.35. The summed E-state index contributed by atoms with van der Waals surface area (Å²) in [4.78, 5) is 25.4. The molecule has 0 atom stereocenters. The maximum atomic E-state index is 12.9. The number of rotatable bonds is 6. The molecule has 4 nitrogen and oxygen atoms in total. The highest BCUT2D eigenvalue weighted by Gasteiger charge is 2.20. The smallest absolute Gasteiger partial charge is 0.269 e. The number of hydrogen-bond donors (Lipinski definition) is 1. The normalized spacial score (nSPS) is 10.7. The van der Waals surface area contributed by atoms with Gasteiger partial charge in [-0.05, 0) is 56.0 Å². The zero-order chi connectivity index (χ0) is 21.5. The van der Waals surface area contributed by atoms with Crippen LogP contribution >= 0.6 is 0 Å². The highest BCUT2D eigenvalue weighted by molar-refractivity contribution is 5.95. The number of carbonyl (C=O) groups is 2. The minimum atomic E-state index is -0.280. The molecule has 3 rings (SSSR count). The van der Waals surface area contributed by atoms with Gasteiger partial charge in [0.1, 0.15) is 0 Å². The lowest BCUT2D eigenvalue weighted by Gasteiger charge is -2.27. The molecule has 0 bridgehead atoms. The van der Waals surface area contributed by atoms with Crippen LogP contribution in [0.15, 0.2) is 78.9 Å². The highest BCUT2D eigenvalue weighted by Crippen LogP contribution is 2.25. The standard InChI is InChI=1S/C26H28N2O2/c1-19(2)28(27-26(30)22-12-5-4-6-13-22)25(29)17-16-21-11-7-8-15-24(21)23-14-9-10-20(3)18-23/h4-15,18-19H,16-17H2,1-3H3,(H,27,30). The van der Waals surface area contributed by atoms with Crippen molar-refractivity contribution in [1.82, 2.24) is 10.4 Å². The van der Waals surface area contributed by atoms with Gasteiger partial charge in [0.25, 0.3) is 5.91 Å². The summed E-state index contributed by atoms with van der Waals surface area (Å²) < 4.78 is 0. The Kier molecular flexibility index (Phi) is 7.02. The number of amides is 2. The van der Waals surface area contributed by atoms with Crippen molar-refractivity contribution in [2.75, 3.05) is 0 Å². The summed E-state index contributed by atoms with van der Waals surface area (Å²) in [6.07, 6.45) is 0.920. The molecule has 0 aromatic heterocycles. The SMILES string of the molecule is Cc1cccc(-c2ccccc2CCC(=O)N(NC(=O)c2ccccc2)C(C)C)c1. The molecular formula is C26H28N2O2. The fourth-order valence-electron chi connectivity index (χ4n) is 3.44. The zero-order valence-electron chi connectivity index (χ0n) is 17.8. The van der Waals surface area contributed by atoms with E-state index in [2.05, 4.69) is 42.7 Å². The Labute approximate surface area is 178 Å². The second kappa shape index (κ2) is 9.88. The Morgan fingerprint density at radius 1 is 0.900 bits per heavy atom. The minimum Gasteiger partial charge on any atom is -0.273 e. The summed E-state index contributed by atoms with van der Waals surface area (Å²) >= 11 is 0. The predicted molar refractivity (Wildman–Crippen MR) is 121 cm³/mol. The first kappa shape index (κ1) is 21.3. The van der Waals surface area contributed by atoms with Crippen LogP contribution in [0.4, 0.5) is 0 Å². The lowest BCUT2D eigenvalue weighted by atomic mass is 9.95. The van der Waals surface area contributed by atoms with Gasteiger partial charge >= 0.3 is 0 Å². The molecule has 0 saturated carbocycles. The maximum Gasteiger partial charge on any atom is 0.269 e. The van der Waals surface area contributed by atoms with Crippen molar-refractivity contribution in [3.05, 3.63) is 95.6 Å². The first-order chi connectivity index (χ1) is 14.5. The molecule has 0 radical (unpaired) electrons. The van der Waals surface area contributed by atoms with Crippen LogP contribution < -0.4 is 5.43 Å². The van der Waals surface area contributed by atoms with E-state index in [4.69, 9.17) is 0 Å². The number of nitrogens with one attached hydrogen (secondary N) is 1. The molecule has 4 heteroatoms. The van der Waals surface area contributed by atoms with Crippen LogP contribution in [-0.4, -0.2) is 22.9 Å². The maximum absolute atomic E-state index is 12.9. The number of hydrogen-bond acceptors (Lipinski definition) is 2. The molecule has 0 aliphatic carbocycles. The van der Waals surface area contributed by atoms with Crippen molar-refractivity contribution in [3.63, 3.8) is 0 Å². The van der Waals surface area contributed by atoms with Gasteiger partial charge in [-0.15, -0.1) is 0 Å². The first-order valence-corrected chi connectivity index (χ1v) is 10.3. The van der Waals surface area contributed by atoms with Crippen molar-refractivity contribution in [3.8, 4) is 11.1 Å². The van der Waals surface area contributed by atoms with E-state index in [0.717, 1.165) is 16.7 Å². The second-order valence-corrected chi connectivity index (χ2v) is 7.69. The monoisotopic (exact) mass is 400 g/mol. The van der Waals surface area contributed by atoms with Gasteiger partial charge in [-0.25, -0.2) is 0 Å². The Bertz CT molecular complexity index is 1010. The number of benzene rings is 3. The molecule has 30 heavy (non-hydrogen) atoms. The Morgan fingerprint density at radius 2 is 1.60 bits per heavy atom. The first-order valence-electron chi connectivity index (χ1n) is 10.3. The molecule has 3 aromatic carbocycles. The van der Waals surface area contributed by atoms with Crippen molar-refractivity contribution in [2.45, 2.75) is 39.7 Å². The van der Waals surface area contributed by atoms with Crippen LogP contribution in [0.2, 0.25) is 0 Å². The molecule has 3 aromatic rings. The van der Waals surface area contributed by atoms with E-state index in [9.17, 15) is 9.59 Å². The summed E-state index contributed by atoms with van der Waals surface area (Å²) in [6, 6.07) is 25.3. The number of aryl methyl sites for hydroxylation is 2. The van der Waals surface area contributed by atoms with Gasteiger partial charge in [-0.2, -0.15) is 0 Å². The van der Waals surface area contributed by atoms with E-state index in [1.54, 1.807) is 24.3 Å². The average molecular weight is 401 g/mol. The van der Waals surface area contributed by atoms with E-state index in [1.165, 1.54) is 10.6 Å². The molecular weight excluding hydrogens is 372 g/mol. The molecule has 0 aliphatic rings. The van der Waals surface area contributed by atoms with Crippen LogP contribution in [0.5, 0.6) is 0 Å². The predicted octanol–water partition coefficient (Wildman–Crippen LogP) is 5.18. The molecule has 154 valence electrons. The summed E-state index contributed by atoms with van der Waals surface area (Å²) in [5.41, 5.74) is 7.90. The van der Waals surface area contributed by atoms with Crippen LogP contribution in [-0.2, 0) is 11.2 Å². The fourth-order valence-corrected chi connectivity index (χ4v) is 3.44. The van der Waals surface area contributed by atoms with E-state index in [1.807, 2.05) is 38.1 Å². The molecule has 0 fully saturated rings. The Morgan fingerprint density at radius 3 is 2.30 bits per heavy atom. The van der Waals surface area contributed by atoms with Crippen LogP contribution in [0.25, 0.3) is 11.1 Å². The quantitative estimate of drug-likeness (QED) is 0.580. The zero-order valence-corrected chi connectivity index (χ0v) is 17.8. The van der Waals surface area contributed by atoms with Gasteiger partial charge in [-0.3, -0.25) is 20.0 Å². The summed E-state index contributed by atoms with van der Waals surface area (Å²) in [7, 11) is 0. The van der Waals surface area contributed by atoms with Gasteiger partial charge in [0.15, 0.2) is 0 Å². The van der Waals surface area contributed by atoms with E-state index < -0.39 is 0 Å². The molecule has 0 saturated heterocycles. The van der Waals surface area contributed by atoms with Gasteiger partial charge in [-0.1, -0.05) is 72.3 Å². The van der Waals surface area contributed by atoms with Gasteiger partial charge < -0.3 is 0 Å². The van der Waals surface area contributed by atoms with Gasteiger partial charge in [0, 0.05) is 18.0 Å². The molecule has 0 aliphatic heterocycles. The minimum absolute atomic E-state index is 0.103. The number of hydrazine groups is 1. The van der Waals surface area contributed by atoms with Crippen LogP contribution in [0.3, 0.4) is 0 Å². The van der Waals surface area contributed by atoms with Crippen LogP contribution in [0, 0.1) is 6.92 Å². The number of carbonyl (C=O) groups excluding carboxylic acids is 2. The largest absolute Gasteiger partial charge is 0.273 e. The third-order valence-electron chi connectivity index (χ3n) is 5.00. The van der Waals surface area contributed by atoms with Gasteiger partial charge in [0.2, 0.25) is 5.91 Å². The average Bonchev–Trinajstić information content (AvgIpc) is 2.76.